The van der Waals surface area contributed by atoms with Crippen LogP contribution in [-0.2, 0) is 10.0 Å². The van der Waals surface area contributed by atoms with Gasteiger partial charge in [0.15, 0.2) is 0 Å². The fourth-order valence-corrected chi connectivity index (χ4v) is 5.22. The van der Waals surface area contributed by atoms with Gasteiger partial charge in [0.25, 0.3) is 10.0 Å². The average Bonchev–Trinajstić information content (AvgIpc) is 2.33. The van der Waals surface area contributed by atoms with Crippen LogP contribution < -0.4 is 10.5 Å². The van der Waals surface area contributed by atoms with Gasteiger partial charge in [0.2, 0.25) is 0 Å². The number of nitrogens with two attached hydrogens (primary N) is 1. The molecule has 0 aliphatic carbocycles. The van der Waals surface area contributed by atoms with Crippen molar-refractivity contribution in [2.75, 3.05) is 10.5 Å². The van der Waals surface area contributed by atoms with Gasteiger partial charge < -0.3 is 5.73 Å². The molecule has 2 aromatic carbocycles. The van der Waals surface area contributed by atoms with Crippen molar-refractivity contribution in [3.63, 3.8) is 0 Å². The molecule has 4 nitrogen and oxygen atoms in total. The van der Waals surface area contributed by atoms with Gasteiger partial charge in [-0.25, -0.2) is 8.42 Å². The minimum absolute atomic E-state index is 0.0263. The molecule has 21 heavy (non-hydrogen) atoms. The lowest BCUT2D eigenvalue weighted by Crippen LogP contribution is -2.15. The Morgan fingerprint density at radius 2 is 1.71 bits per heavy atom. The van der Waals surface area contributed by atoms with Crippen LogP contribution in [0.5, 0.6) is 0 Å². The van der Waals surface area contributed by atoms with Crippen molar-refractivity contribution in [1.29, 1.82) is 0 Å². The fraction of sp³-hybridized carbons (Fsp3) is 0. The quantitative estimate of drug-likeness (QED) is 0.561. The van der Waals surface area contributed by atoms with Gasteiger partial charge in [0.05, 0.1) is 16.4 Å². The second-order valence-electron chi connectivity index (χ2n) is 4.03. The minimum Gasteiger partial charge on any atom is -0.397 e. The summed E-state index contributed by atoms with van der Waals surface area (Å²) in [4.78, 5) is -0.0263. The number of hydrogen-bond acceptors (Lipinski definition) is 3. The summed E-state index contributed by atoms with van der Waals surface area (Å²) < 4.78 is 29.2. The predicted molar refractivity (Wildman–Crippen MR) is 96.2 cm³/mol. The zero-order valence-corrected chi connectivity index (χ0v) is 16.5. The van der Waals surface area contributed by atoms with Crippen molar-refractivity contribution in [1.82, 2.24) is 0 Å². The smallest absolute Gasteiger partial charge is 0.263 e. The molecule has 0 bridgehead atoms. The summed E-state index contributed by atoms with van der Waals surface area (Å²) >= 11 is 15.8. The number of sulfonamides is 1. The second-order valence-corrected chi connectivity index (χ2v) is 8.78. The molecular formula is C12H8Br3ClN2O2S. The molecule has 0 radical (unpaired) electrons. The first-order chi connectivity index (χ1) is 9.70. The Labute approximate surface area is 152 Å². The first-order valence-electron chi connectivity index (χ1n) is 5.43. The molecule has 2 rings (SSSR count). The molecule has 0 amide bonds. The number of anilines is 2. The third-order valence-electron chi connectivity index (χ3n) is 2.51. The van der Waals surface area contributed by atoms with Crippen LogP contribution in [0.4, 0.5) is 11.4 Å². The highest BCUT2D eigenvalue weighted by Crippen LogP contribution is 2.35. The van der Waals surface area contributed by atoms with E-state index in [1.807, 2.05) is 0 Å². The van der Waals surface area contributed by atoms with E-state index in [1.54, 1.807) is 18.2 Å². The normalized spacial score (nSPS) is 11.4. The Hall–Kier alpha value is -0.280. The Kier molecular flexibility index (Phi) is 5.25. The third kappa shape index (κ3) is 3.92. The van der Waals surface area contributed by atoms with E-state index in [0.717, 1.165) is 4.47 Å². The van der Waals surface area contributed by atoms with Gasteiger partial charge >= 0.3 is 0 Å². The summed E-state index contributed by atoms with van der Waals surface area (Å²) in [5.74, 6) is 0. The van der Waals surface area contributed by atoms with Crippen molar-refractivity contribution >= 4 is 80.8 Å². The third-order valence-corrected chi connectivity index (χ3v) is 5.91. The molecule has 0 saturated heterocycles. The zero-order valence-electron chi connectivity index (χ0n) is 10.2. The van der Waals surface area contributed by atoms with Crippen LogP contribution in [0.15, 0.2) is 48.6 Å². The maximum atomic E-state index is 12.4. The molecule has 9 heteroatoms. The fourth-order valence-electron chi connectivity index (χ4n) is 1.58. The number of halogens is 4. The molecule has 0 atom stereocenters. The molecule has 2 aromatic rings. The van der Waals surface area contributed by atoms with Gasteiger partial charge in [-0.2, -0.15) is 0 Å². The van der Waals surface area contributed by atoms with Gasteiger partial charge in [0, 0.05) is 13.4 Å². The molecule has 0 fully saturated rings. The maximum absolute atomic E-state index is 12.4. The SMILES string of the molecule is Nc1cc(Br)cc(Br)c1NS(=O)(=O)c1ccc(Br)cc1Cl. The first-order valence-corrected chi connectivity index (χ1v) is 9.67. The van der Waals surface area contributed by atoms with Crippen molar-refractivity contribution in [2.45, 2.75) is 4.90 Å². The van der Waals surface area contributed by atoms with E-state index in [0.29, 0.717) is 8.95 Å². The minimum atomic E-state index is -3.85. The Bertz CT molecular complexity index is 789. The van der Waals surface area contributed by atoms with E-state index >= 15 is 0 Å². The van der Waals surface area contributed by atoms with Crippen molar-refractivity contribution in [3.8, 4) is 0 Å². The molecule has 0 spiro atoms. The summed E-state index contributed by atoms with van der Waals surface area (Å²) in [5, 5.41) is 0.115. The Morgan fingerprint density at radius 3 is 2.29 bits per heavy atom. The molecule has 112 valence electrons. The number of benzene rings is 2. The standard InChI is InChI=1S/C12H8Br3ClN2O2S/c13-6-1-2-11(9(16)4-6)21(19,20)18-12-8(15)3-7(14)5-10(12)17/h1-5,18H,17H2. The van der Waals surface area contributed by atoms with Crippen LogP contribution >= 0.6 is 59.4 Å². The molecule has 0 aromatic heterocycles. The Morgan fingerprint density at radius 1 is 1.05 bits per heavy atom. The summed E-state index contributed by atoms with van der Waals surface area (Å²) in [6, 6.07) is 7.82. The number of hydrogen-bond donors (Lipinski definition) is 2. The van der Waals surface area contributed by atoms with Gasteiger partial charge in [-0.3, -0.25) is 4.72 Å². The highest BCUT2D eigenvalue weighted by molar-refractivity contribution is 9.11. The molecule has 0 saturated carbocycles. The zero-order chi connectivity index (χ0) is 15.8. The van der Waals surface area contributed by atoms with Crippen molar-refractivity contribution in [2.24, 2.45) is 0 Å². The van der Waals surface area contributed by atoms with E-state index in [9.17, 15) is 8.42 Å². The van der Waals surface area contributed by atoms with Crippen LogP contribution in [0.3, 0.4) is 0 Å². The van der Waals surface area contributed by atoms with Crippen LogP contribution in [0, 0.1) is 0 Å². The van der Waals surface area contributed by atoms with Gasteiger partial charge in [-0.1, -0.05) is 43.5 Å². The van der Waals surface area contributed by atoms with Crippen LogP contribution in [-0.4, -0.2) is 8.42 Å². The number of nitrogen functional groups attached to an aromatic ring is 1. The van der Waals surface area contributed by atoms with E-state index in [-0.39, 0.29) is 21.3 Å². The number of rotatable bonds is 3. The lowest BCUT2D eigenvalue weighted by atomic mass is 10.3. The van der Waals surface area contributed by atoms with E-state index < -0.39 is 10.0 Å². The summed E-state index contributed by atoms with van der Waals surface area (Å²) in [6.45, 7) is 0. The van der Waals surface area contributed by atoms with Crippen molar-refractivity contribution < 1.29 is 8.42 Å². The summed E-state index contributed by atoms with van der Waals surface area (Å²) in [7, 11) is -3.85. The van der Waals surface area contributed by atoms with E-state index in [4.69, 9.17) is 17.3 Å². The molecule has 0 unspecified atom stereocenters. The highest BCUT2D eigenvalue weighted by atomic mass is 79.9. The molecule has 0 aliphatic heterocycles. The molecule has 0 aliphatic rings. The summed E-state index contributed by atoms with van der Waals surface area (Å²) in [5.41, 5.74) is 6.39. The van der Waals surface area contributed by atoms with E-state index in [1.165, 1.54) is 12.1 Å². The predicted octanol–water partition coefficient (Wildman–Crippen LogP) is 5.01. The Balaban J connectivity index is 2.47. The van der Waals surface area contributed by atoms with Gasteiger partial charge in [0.1, 0.15) is 4.90 Å². The lowest BCUT2D eigenvalue weighted by Gasteiger charge is -2.13. The molecule has 0 heterocycles. The van der Waals surface area contributed by atoms with Crippen LogP contribution in [0.2, 0.25) is 5.02 Å². The second kappa shape index (κ2) is 6.45. The largest absolute Gasteiger partial charge is 0.397 e. The first kappa shape index (κ1) is 17.1. The topological polar surface area (TPSA) is 72.2 Å². The maximum Gasteiger partial charge on any atom is 0.263 e. The van der Waals surface area contributed by atoms with Crippen molar-refractivity contribution in [3.05, 3.63) is 48.8 Å². The molecule has 3 N–H and O–H groups in total. The summed E-state index contributed by atoms with van der Waals surface area (Å²) in [6.07, 6.45) is 0. The highest BCUT2D eigenvalue weighted by Gasteiger charge is 2.20. The lowest BCUT2D eigenvalue weighted by molar-refractivity contribution is 0.601. The average molecular weight is 519 g/mol. The molecular weight excluding hydrogens is 511 g/mol. The van der Waals surface area contributed by atoms with Crippen LogP contribution in [0.25, 0.3) is 0 Å². The van der Waals surface area contributed by atoms with Gasteiger partial charge in [-0.05, 0) is 46.3 Å². The number of nitrogens with one attached hydrogen (secondary N) is 1. The van der Waals surface area contributed by atoms with E-state index in [2.05, 4.69) is 52.5 Å². The van der Waals surface area contributed by atoms with Gasteiger partial charge in [-0.15, -0.1) is 0 Å². The van der Waals surface area contributed by atoms with Crippen LogP contribution in [0.1, 0.15) is 0 Å². The monoisotopic (exact) mass is 516 g/mol.